The third-order valence-corrected chi connectivity index (χ3v) is 3.45. The van der Waals surface area contributed by atoms with Gasteiger partial charge in [-0.15, -0.1) is 0 Å². The van der Waals surface area contributed by atoms with Gasteiger partial charge >= 0.3 is 6.18 Å². The summed E-state index contributed by atoms with van der Waals surface area (Å²) in [6, 6.07) is 7.28. The van der Waals surface area contributed by atoms with Gasteiger partial charge in [-0.3, -0.25) is 4.98 Å². The smallest absolute Gasteiger partial charge is 0.310 e. The number of nitrogens with one attached hydrogen (secondary N) is 1. The molecule has 21 heavy (non-hydrogen) atoms. The second-order valence-electron chi connectivity index (χ2n) is 5.10. The van der Waals surface area contributed by atoms with E-state index in [1.807, 2.05) is 31.2 Å². The molecule has 2 rings (SSSR count). The van der Waals surface area contributed by atoms with Gasteiger partial charge in [-0.25, -0.2) is 0 Å². The highest BCUT2D eigenvalue weighted by atomic mass is 19.4. The van der Waals surface area contributed by atoms with Crippen LogP contribution in [0.5, 0.6) is 0 Å². The number of fused-ring (bicyclic) bond motifs is 1. The van der Waals surface area contributed by atoms with E-state index in [1.165, 1.54) is 0 Å². The molecule has 0 amide bonds. The minimum absolute atomic E-state index is 0.0392. The summed E-state index contributed by atoms with van der Waals surface area (Å²) in [7, 11) is 0. The zero-order valence-electron chi connectivity index (χ0n) is 12.0. The predicted molar refractivity (Wildman–Crippen MR) is 78.1 cm³/mol. The maximum Gasteiger partial charge on any atom is 0.389 e. The average Bonchev–Trinajstić information content (AvgIpc) is 2.46. The third kappa shape index (κ3) is 4.43. The summed E-state index contributed by atoms with van der Waals surface area (Å²) in [4.78, 5) is 4.10. The van der Waals surface area contributed by atoms with Crippen LogP contribution in [0.4, 0.5) is 13.2 Å². The number of pyridine rings is 1. The second-order valence-corrected chi connectivity index (χ2v) is 5.10. The number of nitrogens with zero attached hydrogens (tertiary/aromatic N) is 1. The van der Waals surface area contributed by atoms with Crippen LogP contribution in [0.2, 0.25) is 0 Å². The number of benzene rings is 1. The Labute approximate surface area is 122 Å². The van der Waals surface area contributed by atoms with Crippen molar-refractivity contribution in [1.29, 1.82) is 0 Å². The van der Waals surface area contributed by atoms with Gasteiger partial charge in [0, 0.05) is 30.2 Å². The van der Waals surface area contributed by atoms with E-state index in [4.69, 9.17) is 0 Å². The van der Waals surface area contributed by atoms with Crippen LogP contribution in [-0.4, -0.2) is 17.7 Å². The number of hydrogen-bond donors (Lipinski definition) is 1. The molecule has 1 aromatic heterocycles. The molecule has 1 aromatic carbocycles. The zero-order chi connectivity index (χ0) is 15.3. The van der Waals surface area contributed by atoms with E-state index in [2.05, 4.69) is 10.3 Å². The quantitative estimate of drug-likeness (QED) is 0.841. The maximum absolute atomic E-state index is 12.5. The Morgan fingerprint density at radius 3 is 2.76 bits per heavy atom. The summed E-state index contributed by atoms with van der Waals surface area (Å²) in [5.41, 5.74) is 0.887. The van der Waals surface area contributed by atoms with Gasteiger partial charge in [-0.1, -0.05) is 25.1 Å². The van der Waals surface area contributed by atoms with Crippen LogP contribution < -0.4 is 5.32 Å². The minimum atomic E-state index is -4.13. The number of aromatic nitrogens is 1. The SMILES string of the molecule is CCCNC(CCC(F)(F)F)c1cccc2ccncc12. The van der Waals surface area contributed by atoms with Gasteiger partial charge in [0.2, 0.25) is 0 Å². The van der Waals surface area contributed by atoms with Crippen molar-refractivity contribution in [2.45, 2.75) is 38.4 Å². The van der Waals surface area contributed by atoms with Crippen LogP contribution in [0, 0.1) is 0 Å². The molecule has 0 radical (unpaired) electrons. The van der Waals surface area contributed by atoms with Crippen molar-refractivity contribution in [1.82, 2.24) is 10.3 Å². The highest BCUT2D eigenvalue weighted by Gasteiger charge is 2.29. The van der Waals surface area contributed by atoms with Gasteiger partial charge in [0.15, 0.2) is 0 Å². The molecule has 0 aliphatic rings. The Bertz CT molecular complexity index is 576. The first-order valence-corrected chi connectivity index (χ1v) is 7.14. The van der Waals surface area contributed by atoms with Crippen LogP contribution in [0.1, 0.15) is 37.8 Å². The molecule has 5 heteroatoms. The molecule has 0 aliphatic heterocycles. The van der Waals surface area contributed by atoms with Gasteiger partial charge < -0.3 is 5.32 Å². The molecular formula is C16H19F3N2. The van der Waals surface area contributed by atoms with Crippen molar-refractivity contribution >= 4 is 10.8 Å². The summed E-state index contributed by atoms with van der Waals surface area (Å²) in [6.07, 6.45) is -0.585. The van der Waals surface area contributed by atoms with Crippen molar-refractivity contribution in [2.24, 2.45) is 0 Å². The fourth-order valence-corrected chi connectivity index (χ4v) is 2.43. The first-order valence-electron chi connectivity index (χ1n) is 7.14. The summed E-state index contributed by atoms with van der Waals surface area (Å²) in [6.45, 7) is 2.69. The molecule has 0 saturated heterocycles. The Kier molecular flexibility index (Phi) is 5.17. The van der Waals surface area contributed by atoms with Gasteiger partial charge in [0.1, 0.15) is 0 Å². The Balaban J connectivity index is 2.29. The van der Waals surface area contributed by atoms with Crippen molar-refractivity contribution in [3.8, 4) is 0 Å². The van der Waals surface area contributed by atoms with Gasteiger partial charge in [0.25, 0.3) is 0 Å². The molecule has 0 saturated carbocycles. The fraction of sp³-hybridized carbons (Fsp3) is 0.438. The van der Waals surface area contributed by atoms with Crippen molar-refractivity contribution in [3.63, 3.8) is 0 Å². The fourth-order valence-electron chi connectivity index (χ4n) is 2.43. The molecule has 1 atom stereocenters. The van der Waals surface area contributed by atoms with E-state index >= 15 is 0 Å². The number of rotatable bonds is 6. The molecule has 1 heterocycles. The summed E-state index contributed by atoms with van der Waals surface area (Å²) in [5, 5.41) is 5.13. The molecule has 0 bridgehead atoms. The largest absolute Gasteiger partial charge is 0.389 e. The van der Waals surface area contributed by atoms with Gasteiger partial charge in [-0.2, -0.15) is 13.2 Å². The van der Waals surface area contributed by atoms with E-state index in [1.54, 1.807) is 12.4 Å². The van der Waals surface area contributed by atoms with E-state index in [0.717, 1.165) is 22.8 Å². The molecule has 1 N–H and O–H groups in total. The summed E-state index contributed by atoms with van der Waals surface area (Å²) in [5.74, 6) is 0. The summed E-state index contributed by atoms with van der Waals surface area (Å²) >= 11 is 0. The third-order valence-electron chi connectivity index (χ3n) is 3.45. The number of alkyl halides is 3. The van der Waals surface area contributed by atoms with Crippen molar-refractivity contribution in [3.05, 3.63) is 42.2 Å². The summed E-state index contributed by atoms with van der Waals surface area (Å²) < 4.78 is 37.6. The predicted octanol–water partition coefficient (Wildman–Crippen LogP) is 4.62. The number of hydrogen-bond acceptors (Lipinski definition) is 2. The molecule has 0 fully saturated rings. The Hall–Kier alpha value is -1.62. The molecule has 0 aliphatic carbocycles. The first kappa shape index (κ1) is 15.8. The lowest BCUT2D eigenvalue weighted by molar-refractivity contribution is -0.136. The highest BCUT2D eigenvalue weighted by Crippen LogP contribution is 2.31. The minimum Gasteiger partial charge on any atom is -0.310 e. The molecule has 0 spiro atoms. The Morgan fingerprint density at radius 2 is 2.05 bits per heavy atom. The van der Waals surface area contributed by atoms with E-state index in [9.17, 15) is 13.2 Å². The van der Waals surface area contributed by atoms with Crippen LogP contribution in [0.3, 0.4) is 0 Å². The lowest BCUT2D eigenvalue weighted by atomic mass is 9.96. The van der Waals surface area contributed by atoms with E-state index in [-0.39, 0.29) is 12.5 Å². The van der Waals surface area contributed by atoms with Crippen molar-refractivity contribution < 1.29 is 13.2 Å². The van der Waals surface area contributed by atoms with Crippen LogP contribution in [-0.2, 0) is 0 Å². The second kappa shape index (κ2) is 6.89. The maximum atomic E-state index is 12.5. The monoisotopic (exact) mass is 296 g/mol. The number of halogens is 3. The Morgan fingerprint density at radius 1 is 1.24 bits per heavy atom. The molecule has 114 valence electrons. The van der Waals surface area contributed by atoms with Crippen molar-refractivity contribution in [2.75, 3.05) is 6.54 Å². The van der Waals surface area contributed by atoms with Crippen LogP contribution >= 0.6 is 0 Å². The first-order chi connectivity index (χ1) is 10.0. The molecule has 1 unspecified atom stereocenters. The van der Waals surface area contributed by atoms with E-state index < -0.39 is 12.6 Å². The molecule has 2 aromatic rings. The average molecular weight is 296 g/mol. The zero-order valence-corrected chi connectivity index (χ0v) is 12.0. The topological polar surface area (TPSA) is 24.9 Å². The lowest BCUT2D eigenvalue weighted by Crippen LogP contribution is -2.24. The normalized spacial score (nSPS) is 13.5. The highest BCUT2D eigenvalue weighted by molar-refractivity contribution is 5.85. The standard InChI is InChI=1S/C16H19F3N2/c1-2-9-21-15(6-8-16(17,18)19)13-5-3-4-12-7-10-20-11-14(12)13/h3-5,7,10-11,15,21H,2,6,8-9H2,1H3. The molecular weight excluding hydrogens is 277 g/mol. The van der Waals surface area contributed by atoms with Crippen LogP contribution in [0.25, 0.3) is 10.8 Å². The van der Waals surface area contributed by atoms with Crippen LogP contribution in [0.15, 0.2) is 36.7 Å². The molecule has 2 nitrogen and oxygen atoms in total. The van der Waals surface area contributed by atoms with E-state index in [0.29, 0.717) is 6.54 Å². The lowest BCUT2D eigenvalue weighted by Gasteiger charge is -2.21. The van der Waals surface area contributed by atoms with Gasteiger partial charge in [-0.05, 0) is 36.4 Å². The van der Waals surface area contributed by atoms with Gasteiger partial charge in [0.05, 0.1) is 0 Å².